The highest BCUT2D eigenvalue weighted by atomic mass is 32.2. The number of benzene rings is 1. The fourth-order valence-corrected chi connectivity index (χ4v) is 5.16. The second-order valence-electron chi connectivity index (χ2n) is 7.74. The topological polar surface area (TPSA) is 23.6 Å². The van der Waals surface area contributed by atoms with Crippen molar-refractivity contribution in [1.82, 2.24) is 9.80 Å². The van der Waals surface area contributed by atoms with Crippen molar-refractivity contribution >= 4 is 17.7 Å². The first-order valence-corrected chi connectivity index (χ1v) is 9.62. The lowest BCUT2D eigenvalue weighted by molar-refractivity contribution is -0.141. The molecule has 2 aliphatic rings. The fourth-order valence-electron chi connectivity index (χ4n) is 3.66. The van der Waals surface area contributed by atoms with Crippen LogP contribution in [0.15, 0.2) is 30.3 Å². The summed E-state index contributed by atoms with van der Waals surface area (Å²) in [6.45, 7) is 10.0. The number of nitrogens with zero attached hydrogens (tertiary/aromatic N) is 2. The highest BCUT2D eigenvalue weighted by Crippen LogP contribution is 2.44. The average Bonchev–Trinajstić information content (AvgIpc) is 2.90. The minimum atomic E-state index is -0.267. The summed E-state index contributed by atoms with van der Waals surface area (Å²) in [7, 11) is 0. The van der Waals surface area contributed by atoms with Crippen molar-refractivity contribution in [2.45, 2.75) is 45.0 Å². The molecule has 0 aromatic heterocycles. The summed E-state index contributed by atoms with van der Waals surface area (Å²) in [5.41, 5.74) is 1.12. The van der Waals surface area contributed by atoms with Gasteiger partial charge in [0.25, 0.3) is 0 Å². The van der Waals surface area contributed by atoms with Crippen LogP contribution >= 0.6 is 11.8 Å². The molecule has 0 radical (unpaired) electrons. The lowest BCUT2D eigenvalue weighted by Gasteiger charge is -2.45. The van der Waals surface area contributed by atoms with Gasteiger partial charge in [-0.1, -0.05) is 51.1 Å². The second kappa shape index (κ2) is 6.48. The Bertz CT molecular complexity index is 544. The van der Waals surface area contributed by atoms with Crippen LogP contribution in [0.4, 0.5) is 0 Å². The van der Waals surface area contributed by atoms with Gasteiger partial charge in [-0.25, -0.2) is 0 Å². The number of hydrogen-bond acceptors (Lipinski definition) is 3. The molecule has 2 fully saturated rings. The second-order valence-corrected chi connectivity index (χ2v) is 9.20. The Morgan fingerprint density at radius 2 is 1.78 bits per heavy atom. The van der Waals surface area contributed by atoms with E-state index >= 15 is 0 Å². The van der Waals surface area contributed by atoms with Crippen LogP contribution < -0.4 is 0 Å². The molecule has 3 nitrogen and oxygen atoms in total. The summed E-state index contributed by atoms with van der Waals surface area (Å²) >= 11 is 2.10. The van der Waals surface area contributed by atoms with Gasteiger partial charge < -0.3 is 4.90 Å². The number of rotatable bonds is 2. The largest absolute Gasteiger partial charge is 0.342 e. The van der Waals surface area contributed by atoms with E-state index in [1.165, 1.54) is 11.3 Å². The minimum absolute atomic E-state index is 0.241. The van der Waals surface area contributed by atoms with E-state index in [1.807, 2.05) is 20.8 Å². The molecule has 0 N–H and O–H groups in total. The van der Waals surface area contributed by atoms with Crippen LogP contribution in [0.1, 0.15) is 39.2 Å². The summed E-state index contributed by atoms with van der Waals surface area (Å²) in [5, 5.41) is 0. The summed E-state index contributed by atoms with van der Waals surface area (Å²) in [4.78, 5) is 17.5. The van der Waals surface area contributed by atoms with E-state index in [0.717, 1.165) is 39.0 Å². The van der Waals surface area contributed by atoms with Crippen molar-refractivity contribution in [1.29, 1.82) is 0 Å². The number of carbonyl (C=O) groups excluding carboxylic acids is 1. The van der Waals surface area contributed by atoms with Gasteiger partial charge in [0.05, 0.1) is 4.87 Å². The molecule has 0 aliphatic carbocycles. The molecule has 3 rings (SSSR count). The van der Waals surface area contributed by atoms with E-state index in [4.69, 9.17) is 0 Å². The normalized spacial score (nSPS) is 21.8. The van der Waals surface area contributed by atoms with Crippen LogP contribution in [0, 0.1) is 5.41 Å². The molecule has 1 spiro atoms. The molecule has 126 valence electrons. The van der Waals surface area contributed by atoms with Crippen LogP contribution in [0.25, 0.3) is 0 Å². The van der Waals surface area contributed by atoms with Gasteiger partial charge in [0.15, 0.2) is 0 Å². The highest BCUT2D eigenvalue weighted by Gasteiger charge is 2.45. The van der Waals surface area contributed by atoms with E-state index in [0.29, 0.717) is 5.91 Å². The molecule has 1 amide bonds. The van der Waals surface area contributed by atoms with E-state index in [9.17, 15) is 4.79 Å². The van der Waals surface area contributed by atoms with Crippen LogP contribution in [-0.4, -0.2) is 46.0 Å². The number of hydrogen-bond donors (Lipinski definition) is 0. The van der Waals surface area contributed by atoms with Crippen LogP contribution in [0.5, 0.6) is 0 Å². The number of amides is 1. The third-order valence-corrected chi connectivity index (χ3v) is 6.59. The molecular formula is C19H28N2OS. The number of thioether (sulfide) groups is 1. The smallest absolute Gasteiger partial charge is 0.227 e. The first kappa shape index (κ1) is 16.8. The summed E-state index contributed by atoms with van der Waals surface area (Å²) in [6.07, 6.45) is 2.18. The van der Waals surface area contributed by atoms with Crippen LogP contribution in [0.2, 0.25) is 0 Å². The Hall–Kier alpha value is -1.00. The molecule has 2 aliphatic heterocycles. The molecule has 0 saturated carbocycles. The van der Waals surface area contributed by atoms with Crippen LogP contribution in [-0.2, 0) is 11.3 Å². The van der Waals surface area contributed by atoms with Gasteiger partial charge in [0.1, 0.15) is 0 Å². The van der Waals surface area contributed by atoms with Crippen molar-refractivity contribution in [2.24, 2.45) is 5.41 Å². The van der Waals surface area contributed by atoms with Crippen molar-refractivity contribution in [3.8, 4) is 0 Å². The van der Waals surface area contributed by atoms with Gasteiger partial charge in [0, 0.05) is 37.3 Å². The summed E-state index contributed by atoms with van der Waals surface area (Å²) in [6, 6.07) is 10.8. The van der Waals surface area contributed by atoms with Crippen molar-refractivity contribution in [3.63, 3.8) is 0 Å². The maximum absolute atomic E-state index is 12.5. The van der Waals surface area contributed by atoms with Gasteiger partial charge in [-0.15, -0.1) is 11.8 Å². The first-order valence-electron chi connectivity index (χ1n) is 8.63. The standard InChI is InChI=1S/C19H28N2OS/c1-18(2,3)17(22)20-11-9-19(10-12-20)21(13-14-23-19)15-16-7-5-4-6-8-16/h4-8H,9-15H2,1-3H3. The zero-order valence-electron chi connectivity index (χ0n) is 14.5. The molecule has 0 unspecified atom stereocenters. The number of carbonyl (C=O) groups is 1. The van der Waals surface area contributed by atoms with Gasteiger partial charge >= 0.3 is 0 Å². The molecule has 1 aromatic rings. The van der Waals surface area contributed by atoms with Gasteiger partial charge in [-0.3, -0.25) is 9.69 Å². The predicted octanol–water partition coefficient (Wildman–Crippen LogP) is 3.60. The van der Waals surface area contributed by atoms with E-state index < -0.39 is 0 Å². The minimum Gasteiger partial charge on any atom is -0.342 e. The van der Waals surface area contributed by atoms with Gasteiger partial charge in [-0.05, 0) is 18.4 Å². The summed E-state index contributed by atoms with van der Waals surface area (Å²) in [5.74, 6) is 1.50. The lowest BCUT2D eigenvalue weighted by Crippen LogP contribution is -2.53. The monoisotopic (exact) mass is 332 g/mol. The molecule has 4 heteroatoms. The predicted molar refractivity (Wildman–Crippen MR) is 97.3 cm³/mol. The third kappa shape index (κ3) is 3.58. The van der Waals surface area contributed by atoms with Gasteiger partial charge in [-0.2, -0.15) is 0 Å². The average molecular weight is 333 g/mol. The van der Waals surface area contributed by atoms with E-state index in [-0.39, 0.29) is 10.3 Å². The van der Waals surface area contributed by atoms with Crippen LogP contribution in [0.3, 0.4) is 0 Å². The Balaban J connectivity index is 1.65. The molecule has 1 aromatic carbocycles. The Morgan fingerprint density at radius 3 is 2.39 bits per heavy atom. The highest BCUT2D eigenvalue weighted by molar-refractivity contribution is 8.00. The first-order chi connectivity index (χ1) is 10.9. The van der Waals surface area contributed by atoms with E-state index in [1.54, 1.807) is 0 Å². The van der Waals surface area contributed by atoms with E-state index in [2.05, 4.69) is 51.9 Å². The SMILES string of the molecule is CC(C)(C)C(=O)N1CCC2(CC1)SCCN2Cc1ccccc1. The molecule has 2 heterocycles. The number of piperidine rings is 1. The third-order valence-electron chi connectivity index (χ3n) is 5.00. The quantitative estimate of drug-likeness (QED) is 0.827. The molecule has 0 atom stereocenters. The molecule has 0 bridgehead atoms. The Morgan fingerprint density at radius 1 is 1.13 bits per heavy atom. The zero-order valence-corrected chi connectivity index (χ0v) is 15.4. The Labute approximate surface area is 144 Å². The fraction of sp³-hybridized carbons (Fsp3) is 0.632. The van der Waals surface area contributed by atoms with Crippen molar-refractivity contribution < 1.29 is 4.79 Å². The molecule has 23 heavy (non-hydrogen) atoms. The molecule has 2 saturated heterocycles. The Kier molecular flexibility index (Phi) is 4.75. The zero-order chi connectivity index (χ0) is 16.5. The number of likely N-dealkylation sites (tertiary alicyclic amines) is 1. The van der Waals surface area contributed by atoms with Gasteiger partial charge in [0.2, 0.25) is 5.91 Å². The maximum atomic E-state index is 12.5. The van der Waals surface area contributed by atoms with Crippen molar-refractivity contribution in [2.75, 3.05) is 25.4 Å². The summed E-state index contributed by atoms with van der Waals surface area (Å²) < 4.78 is 0. The maximum Gasteiger partial charge on any atom is 0.227 e. The lowest BCUT2D eigenvalue weighted by atomic mass is 9.92. The van der Waals surface area contributed by atoms with Crippen molar-refractivity contribution in [3.05, 3.63) is 35.9 Å². The molecular weight excluding hydrogens is 304 g/mol.